The third kappa shape index (κ3) is 4.80. The van der Waals surface area contributed by atoms with E-state index in [9.17, 15) is 9.59 Å². The number of rotatable bonds is 5. The lowest BCUT2D eigenvalue weighted by atomic mass is 9.82. The largest absolute Gasteiger partial charge is 0.360 e. The number of carbonyl (C=O) groups excluding carboxylic acids is 2. The second kappa shape index (κ2) is 10.3. The van der Waals surface area contributed by atoms with Gasteiger partial charge in [0.15, 0.2) is 0 Å². The van der Waals surface area contributed by atoms with Crippen molar-refractivity contribution in [3.8, 4) is 23.6 Å². The molecule has 2 amide bonds. The molecule has 0 bridgehead atoms. The maximum atomic E-state index is 13.4. The van der Waals surface area contributed by atoms with Crippen LogP contribution in [0.25, 0.3) is 11.3 Å². The number of aromatic nitrogens is 2. The number of nitrogens with one attached hydrogen (secondary N) is 1. The second-order valence-corrected chi connectivity index (χ2v) is 10.6. The van der Waals surface area contributed by atoms with Gasteiger partial charge in [-0.15, -0.1) is 17.8 Å². The van der Waals surface area contributed by atoms with Gasteiger partial charge in [-0.05, 0) is 32.6 Å². The molecule has 1 saturated heterocycles. The van der Waals surface area contributed by atoms with Crippen molar-refractivity contribution in [1.29, 1.82) is 0 Å². The Hall–Kier alpha value is -3.44. The lowest BCUT2D eigenvalue weighted by Crippen LogP contribution is -2.48. The van der Waals surface area contributed by atoms with Gasteiger partial charge < -0.3 is 14.7 Å². The maximum absolute atomic E-state index is 13.4. The highest BCUT2D eigenvalue weighted by Gasteiger charge is 2.34. The summed E-state index contributed by atoms with van der Waals surface area (Å²) in [6.07, 6.45) is 12.2. The first kappa shape index (κ1) is 24.3. The van der Waals surface area contributed by atoms with Gasteiger partial charge in [0.2, 0.25) is 0 Å². The monoisotopic (exact) mass is 502 g/mol. The zero-order valence-electron chi connectivity index (χ0n) is 20.5. The molecule has 1 saturated carbocycles. The zero-order valence-corrected chi connectivity index (χ0v) is 21.3. The number of hydrogen-bond acceptors (Lipinski definition) is 6. The Morgan fingerprint density at radius 3 is 2.58 bits per heavy atom. The van der Waals surface area contributed by atoms with Crippen molar-refractivity contribution in [2.45, 2.75) is 63.3 Å². The number of amides is 2. The molecule has 7 nitrogen and oxygen atoms in total. The molecule has 3 heterocycles. The Kier molecular flexibility index (Phi) is 6.92. The number of terminal acetylenes is 1. The van der Waals surface area contributed by atoms with Gasteiger partial charge in [0.25, 0.3) is 11.8 Å². The van der Waals surface area contributed by atoms with Crippen LogP contribution in [0.3, 0.4) is 0 Å². The van der Waals surface area contributed by atoms with Crippen LogP contribution in [0.1, 0.15) is 82.5 Å². The minimum absolute atomic E-state index is 0.0580. The van der Waals surface area contributed by atoms with Crippen molar-refractivity contribution < 1.29 is 14.1 Å². The number of nitrogens with zero attached hydrogens (tertiary/aromatic N) is 3. The molecule has 1 aromatic carbocycles. The first-order valence-electron chi connectivity index (χ1n) is 12.6. The van der Waals surface area contributed by atoms with Crippen LogP contribution in [0.2, 0.25) is 0 Å². The van der Waals surface area contributed by atoms with Gasteiger partial charge in [-0.2, -0.15) is 0 Å². The number of aryl methyl sites for hydroxylation is 1. The van der Waals surface area contributed by atoms with Crippen molar-refractivity contribution in [2.75, 3.05) is 13.1 Å². The summed E-state index contributed by atoms with van der Waals surface area (Å²) >= 11 is 1.51. The van der Waals surface area contributed by atoms with E-state index in [-0.39, 0.29) is 17.7 Å². The fourth-order valence-electron chi connectivity index (χ4n) is 5.23. The van der Waals surface area contributed by atoms with Gasteiger partial charge in [-0.1, -0.05) is 60.7 Å². The van der Waals surface area contributed by atoms with E-state index in [0.29, 0.717) is 35.8 Å². The predicted molar refractivity (Wildman–Crippen MR) is 139 cm³/mol. The molecule has 186 valence electrons. The molecule has 0 unspecified atom stereocenters. The fraction of sp³-hybridized carbons (Fsp3) is 0.429. The molecule has 1 aliphatic heterocycles. The molecule has 0 radical (unpaired) electrons. The number of likely N-dealkylation sites (tertiary alicyclic amines) is 1. The molecule has 0 spiro atoms. The predicted octanol–water partition coefficient (Wildman–Crippen LogP) is 5.19. The van der Waals surface area contributed by atoms with Crippen molar-refractivity contribution >= 4 is 23.2 Å². The first-order chi connectivity index (χ1) is 17.5. The SMILES string of the molecule is C#CC1(NC(=O)c2csc(C3CCN(C(=O)c4c(-c5ccccc5)noc4C)CC3)n2)CCCCC1. The van der Waals surface area contributed by atoms with Crippen LogP contribution in [0.5, 0.6) is 0 Å². The van der Waals surface area contributed by atoms with Gasteiger partial charge >= 0.3 is 0 Å². The Balaban J connectivity index is 1.22. The van der Waals surface area contributed by atoms with E-state index in [2.05, 4.69) is 21.4 Å². The lowest BCUT2D eigenvalue weighted by molar-refractivity contribution is 0.0711. The van der Waals surface area contributed by atoms with Crippen LogP contribution in [0, 0.1) is 19.3 Å². The molecule has 8 heteroatoms. The quantitative estimate of drug-likeness (QED) is 0.485. The molecular formula is C28H30N4O3S. The summed E-state index contributed by atoms with van der Waals surface area (Å²) in [7, 11) is 0. The van der Waals surface area contributed by atoms with Crippen molar-refractivity contribution in [3.63, 3.8) is 0 Å². The number of thiazole rings is 1. The van der Waals surface area contributed by atoms with Gasteiger partial charge in [-0.25, -0.2) is 4.98 Å². The van der Waals surface area contributed by atoms with Crippen molar-refractivity contribution in [2.24, 2.45) is 0 Å². The number of piperidine rings is 1. The summed E-state index contributed by atoms with van der Waals surface area (Å²) < 4.78 is 5.39. The van der Waals surface area contributed by atoms with E-state index in [4.69, 9.17) is 10.9 Å². The van der Waals surface area contributed by atoms with E-state index < -0.39 is 5.54 Å². The lowest BCUT2D eigenvalue weighted by Gasteiger charge is -2.33. The minimum atomic E-state index is -0.552. The molecule has 2 fully saturated rings. The van der Waals surface area contributed by atoms with Crippen LogP contribution >= 0.6 is 11.3 Å². The number of benzene rings is 1. The topological polar surface area (TPSA) is 88.3 Å². The summed E-state index contributed by atoms with van der Waals surface area (Å²) in [6, 6.07) is 9.62. The molecular weight excluding hydrogens is 472 g/mol. The molecule has 36 heavy (non-hydrogen) atoms. The van der Waals surface area contributed by atoms with E-state index in [1.807, 2.05) is 40.6 Å². The summed E-state index contributed by atoms with van der Waals surface area (Å²) in [4.78, 5) is 32.8. The molecule has 3 aromatic rings. The summed E-state index contributed by atoms with van der Waals surface area (Å²) in [5.41, 5.74) is 1.85. The number of carbonyl (C=O) groups is 2. The molecule has 0 atom stereocenters. The summed E-state index contributed by atoms with van der Waals surface area (Å²) in [5.74, 6) is 3.32. The molecule has 2 aliphatic rings. The van der Waals surface area contributed by atoms with Crippen molar-refractivity contribution in [1.82, 2.24) is 20.4 Å². The van der Waals surface area contributed by atoms with Crippen LogP contribution < -0.4 is 5.32 Å². The Bertz CT molecular complexity index is 1280. The van der Waals surface area contributed by atoms with E-state index in [1.54, 1.807) is 6.92 Å². The van der Waals surface area contributed by atoms with E-state index in [1.165, 1.54) is 11.3 Å². The van der Waals surface area contributed by atoms with E-state index in [0.717, 1.165) is 55.5 Å². The Morgan fingerprint density at radius 1 is 1.17 bits per heavy atom. The average Bonchev–Trinajstić information content (AvgIpc) is 3.57. The molecule has 5 rings (SSSR count). The Morgan fingerprint density at radius 2 is 1.89 bits per heavy atom. The zero-order chi connectivity index (χ0) is 25.1. The minimum Gasteiger partial charge on any atom is -0.360 e. The van der Waals surface area contributed by atoms with Crippen LogP contribution in [-0.2, 0) is 0 Å². The molecule has 1 aliphatic carbocycles. The highest BCUT2D eigenvalue weighted by Crippen LogP contribution is 2.33. The average molecular weight is 503 g/mol. The second-order valence-electron chi connectivity index (χ2n) is 9.71. The first-order valence-corrected chi connectivity index (χ1v) is 13.4. The summed E-state index contributed by atoms with van der Waals surface area (Å²) in [5, 5.41) is 10.00. The standard InChI is InChI=1S/C28H30N4O3S/c1-3-28(14-8-5-9-15-28)30-25(33)22-18-36-26(29-22)21-12-16-32(17-13-21)27(34)23-19(2)35-31-24(23)20-10-6-4-7-11-20/h1,4,6-7,10-11,18,21H,5,8-9,12-17H2,2H3,(H,30,33). The number of hydrogen-bond donors (Lipinski definition) is 1. The van der Waals surface area contributed by atoms with Gasteiger partial charge in [0.05, 0.1) is 5.01 Å². The third-order valence-corrected chi connectivity index (χ3v) is 8.35. The van der Waals surface area contributed by atoms with Crippen LogP contribution in [0.15, 0.2) is 40.2 Å². The maximum Gasteiger partial charge on any atom is 0.271 e. The van der Waals surface area contributed by atoms with Gasteiger partial charge in [0.1, 0.15) is 28.3 Å². The molecule has 1 N–H and O–H groups in total. The summed E-state index contributed by atoms with van der Waals surface area (Å²) in [6.45, 7) is 3.01. The van der Waals surface area contributed by atoms with Crippen LogP contribution in [0.4, 0.5) is 0 Å². The highest BCUT2D eigenvalue weighted by molar-refractivity contribution is 7.09. The van der Waals surface area contributed by atoms with Gasteiger partial charge in [0, 0.05) is 30.0 Å². The van der Waals surface area contributed by atoms with Crippen LogP contribution in [-0.4, -0.2) is 45.5 Å². The molecule has 2 aromatic heterocycles. The third-order valence-electron chi connectivity index (χ3n) is 7.35. The smallest absolute Gasteiger partial charge is 0.271 e. The highest BCUT2D eigenvalue weighted by atomic mass is 32.1. The fourth-order valence-corrected chi connectivity index (χ4v) is 6.20. The normalized spacial score (nSPS) is 17.9. The van der Waals surface area contributed by atoms with Gasteiger partial charge in [-0.3, -0.25) is 9.59 Å². The Labute approximate surface area is 215 Å². The van der Waals surface area contributed by atoms with E-state index >= 15 is 0 Å². The van der Waals surface area contributed by atoms with Crippen molar-refractivity contribution in [3.05, 3.63) is 57.7 Å².